The first-order chi connectivity index (χ1) is 14.8. The monoisotopic (exact) mass is 419 g/mol. The first-order valence-corrected chi connectivity index (χ1v) is 11.0. The summed E-state index contributed by atoms with van der Waals surface area (Å²) < 4.78 is 0. The standard InChI is InChI=1S/C25H29N3O3/c1-16(2)28-24(30)21-9-6-19(14-22(21)25(28)31)23(29)26-20-7-4-18(5-8-20)15-27-12-10-17(3)11-13-27/h4-9,14,16-17H,10-13,15H2,1-3H3,(H,26,29). The second-order valence-corrected chi connectivity index (χ2v) is 8.94. The molecule has 1 saturated heterocycles. The third-order valence-corrected chi connectivity index (χ3v) is 6.19. The zero-order chi connectivity index (χ0) is 22.1. The average molecular weight is 420 g/mol. The maximum Gasteiger partial charge on any atom is 0.261 e. The third-order valence-electron chi connectivity index (χ3n) is 6.19. The maximum absolute atomic E-state index is 12.7. The number of piperidine rings is 1. The van der Waals surface area contributed by atoms with Crippen molar-refractivity contribution in [1.29, 1.82) is 0 Å². The van der Waals surface area contributed by atoms with E-state index in [1.54, 1.807) is 26.0 Å². The Labute approximate surface area is 183 Å². The van der Waals surface area contributed by atoms with Crippen LogP contribution in [0.3, 0.4) is 0 Å². The first-order valence-electron chi connectivity index (χ1n) is 11.0. The summed E-state index contributed by atoms with van der Waals surface area (Å²) in [6, 6.07) is 12.3. The van der Waals surface area contributed by atoms with Crippen molar-refractivity contribution in [3.63, 3.8) is 0 Å². The number of hydrogen-bond donors (Lipinski definition) is 1. The van der Waals surface area contributed by atoms with Gasteiger partial charge in [-0.05, 0) is 81.6 Å². The van der Waals surface area contributed by atoms with Gasteiger partial charge in [0.1, 0.15) is 0 Å². The second kappa shape index (κ2) is 8.63. The molecule has 3 amide bonds. The quantitative estimate of drug-likeness (QED) is 0.739. The number of anilines is 1. The van der Waals surface area contributed by atoms with E-state index in [0.29, 0.717) is 16.8 Å². The van der Waals surface area contributed by atoms with E-state index in [-0.39, 0.29) is 29.3 Å². The number of carbonyl (C=O) groups excluding carboxylic acids is 3. The first kappa shape index (κ1) is 21.2. The molecule has 0 aromatic heterocycles. The van der Waals surface area contributed by atoms with Crippen LogP contribution < -0.4 is 5.32 Å². The Kier molecular flexibility index (Phi) is 5.92. The van der Waals surface area contributed by atoms with Crippen LogP contribution in [0.4, 0.5) is 5.69 Å². The van der Waals surface area contributed by atoms with Gasteiger partial charge in [-0.25, -0.2) is 0 Å². The molecule has 0 radical (unpaired) electrons. The van der Waals surface area contributed by atoms with Crippen molar-refractivity contribution in [3.8, 4) is 0 Å². The number of likely N-dealkylation sites (tertiary alicyclic amines) is 1. The predicted octanol–water partition coefficient (Wildman–Crippen LogP) is 4.18. The Bertz CT molecular complexity index is 1010. The number of nitrogens with one attached hydrogen (secondary N) is 1. The Balaban J connectivity index is 1.41. The van der Waals surface area contributed by atoms with Crippen LogP contribution in [0.5, 0.6) is 0 Å². The summed E-state index contributed by atoms with van der Waals surface area (Å²) in [5, 5.41) is 2.88. The number of rotatable bonds is 5. The van der Waals surface area contributed by atoms with Gasteiger partial charge in [-0.2, -0.15) is 0 Å². The average Bonchev–Trinajstić information content (AvgIpc) is 3.01. The van der Waals surface area contributed by atoms with Crippen molar-refractivity contribution in [2.75, 3.05) is 18.4 Å². The van der Waals surface area contributed by atoms with Crippen LogP contribution in [0.2, 0.25) is 0 Å². The van der Waals surface area contributed by atoms with Gasteiger partial charge >= 0.3 is 0 Å². The highest BCUT2D eigenvalue weighted by molar-refractivity contribution is 6.22. The van der Waals surface area contributed by atoms with Crippen LogP contribution >= 0.6 is 0 Å². The van der Waals surface area contributed by atoms with Crippen LogP contribution in [-0.4, -0.2) is 46.7 Å². The van der Waals surface area contributed by atoms with E-state index >= 15 is 0 Å². The molecule has 4 rings (SSSR count). The number of imide groups is 1. The topological polar surface area (TPSA) is 69.7 Å². The van der Waals surface area contributed by atoms with E-state index in [4.69, 9.17) is 0 Å². The van der Waals surface area contributed by atoms with Crippen molar-refractivity contribution in [3.05, 3.63) is 64.7 Å². The fraction of sp³-hybridized carbons (Fsp3) is 0.400. The summed E-state index contributed by atoms with van der Waals surface area (Å²) in [4.78, 5) is 41.4. The molecule has 6 heteroatoms. The molecule has 6 nitrogen and oxygen atoms in total. The van der Waals surface area contributed by atoms with E-state index in [1.165, 1.54) is 29.4 Å². The van der Waals surface area contributed by atoms with E-state index in [0.717, 1.165) is 25.6 Å². The van der Waals surface area contributed by atoms with Crippen molar-refractivity contribution in [2.45, 2.75) is 46.2 Å². The molecule has 2 aliphatic rings. The third kappa shape index (κ3) is 4.39. The molecule has 0 unspecified atom stereocenters. The van der Waals surface area contributed by atoms with Gasteiger partial charge in [0.05, 0.1) is 11.1 Å². The molecular formula is C25H29N3O3. The molecule has 2 aromatic carbocycles. The minimum Gasteiger partial charge on any atom is -0.322 e. The lowest BCUT2D eigenvalue weighted by Gasteiger charge is -2.30. The number of amides is 3. The number of fused-ring (bicyclic) bond motifs is 1. The van der Waals surface area contributed by atoms with Crippen LogP contribution in [0.15, 0.2) is 42.5 Å². The molecule has 1 N–H and O–H groups in total. The normalized spacial score (nSPS) is 17.4. The largest absolute Gasteiger partial charge is 0.322 e. The zero-order valence-corrected chi connectivity index (χ0v) is 18.4. The highest BCUT2D eigenvalue weighted by Crippen LogP contribution is 2.26. The van der Waals surface area contributed by atoms with Gasteiger partial charge in [0, 0.05) is 23.8 Å². The summed E-state index contributed by atoms with van der Waals surface area (Å²) in [7, 11) is 0. The highest BCUT2D eigenvalue weighted by atomic mass is 16.2. The molecule has 162 valence electrons. The van der Waals surface area contributed by atoms with Crippen molar-refractivity contribution < 1.29 is 14.4 Å². The lowest BCUT2D eigenvalue weighted by Crippen LogP contribution is -2.35. The van der Waals surface area contributed by atoms with Gasteiger partial charge in [-0.1, -0.05) is 19.1 Å². The fourth-order valence-corrected chi connectivity index (χ4v) is 4.24. The molecule has 2 aliphatic heterocycles. The lowest BCUT2D eigenvalue weighted by atomic mass is 9.99. The molecule has 1 fully saturated rings. The summed E-state index contributed by atoms with van der Waals surface area (Å²) in [6.07, 6.45) is 2.50. The number of hydrogen-bond acceptors (Lipinski definition) is 4. The van der Waals surface area contributed by atoms with Crippen LogP contribution in [0.25, 0.3) is 0 Å². The number of nitrogens with zero attached hydrogens (tertiary/aromatic N) is 2. The van der Waals surface area contributed by atoms with Crippen LogP contribution in [-0.2, 0) is 6.54 Å². The van der Waals surface area contributed by atoms with E-state index < -0.39 is 0 Å². The van der Waals surface area contributed by atoms with E-state index in [1.807, 2.05) is 24.3 Å². The van der Waals surface area contributed by atoms with Gasteiger partial charge in [0.15, 0.2) is 0 Å². The van der Waals surface area contributed by atoms with Gasteiger partial charge in [0.25, 0.3) is 17.7 Å². The molecular weight excluding hydrogens is 390 g/mol. The molecule has 0 aliphatic carbocycles. The Morgan fingerprint density at radius 2 is 1.65 bits per heavy atom. The maximum atomic E-state index is 12.7. The summed E-state index contributed by atoms with van der Waals surface area (Å²) in [5.74, 6) is -0.138. The molecule has 0 bridgehead atoms. The van der Waals surface area contributed by atoms with E-state index in [2.05, 4.69) is 17.1 Å². The molecule has 2 heterocycles. The molecule has 0 saturated carbocycles. The smallest absolute Gasteiger partial charge is 0.261 e. The Hall–Kier alpha value is -2.99. The highest BCUT2D eigenvalue weighted by Gasteiger charge is 2.37. The Morgan fingerprint density at radius 1 is 1.00 bits per heavy atom. The molecule has 2 aromatic rings. The Morgan fingerprint density at radius 3 is 2.29 bits per heavy atom. The van der Waals surface area contributed by atoms with Crippen LogP contribution in [0.1, 0.15) is 70.3 Å². The van der Waals surface area contributed by atoms with E-state index in [9.17, 15) is 14.4 Å². The number of carbonyl (C=O) groups is 3. The van der Waals surface area contributed by atoms with Gasteiger partial charge < -0.3 is 5.32 Å². The minimum absolute atomic E-state index is 0.225. The van der Waals surface area contributed by atoms with Crippen molar-refractivity contribution in [2.24, 2.45) is 5.92 Å². The molecule has 0 atom stereocenters. The minimum atomic E-state index is -0.346. The SMILES string of the molecule is CC1CCN(Cc2ccc(NC(=O)c3ccc4c(c3)C(=O)N(C(C)C)C4=O)cc2)CC1. The van der Waals surface area contributed by atoms with Crippen molar-refractivity contribution >= 4 is 23.4 Å². The predicted molar refractivity (Wildman–Crippen MR) is 120 cm³/mol. The fourth-order valence-electron chi connectivity index (χ4n) is 4.24. The van der Waals surface area contributed by atoms with Gasteiger partial charge in [0.2, 0.25) is 0 Å². The summed E-state index contributed by atoms with van der Waals surface area (Å²) in [6.45, 7) is 9.09. The van der Waals surface area contributed by atoms with Gasteiger partial charge in [-0.3, -0.25) is 24.2 Å². The number of benzene rings is 2. The van der Waals surface area contributed by atoms with Crippen molar-refractivity contribution in [1.82, 2.24) is 9.80 Å². The van der Waals surface area contributed by atoms with Crippen LogP contribution in [0, 0.1) is 5.92 Å². The second-order valence-electron chi connectivity index (χ2n) is 8.94. The van der Waals surface area contributed by atoms with Gasteiger partial charge in [-0.15, -0.1) is 0 Å². The lowest BCUT2D eigenvalue weighted by molar-refractivity contribution is 0.0609. The molecule has 0 spiro atoms. The summed E-state index contributed by atoms with van der Waals surface area (Å²) >= 11 is 0. The zero-order valence-electron chi connectivity index (χ0n) is 18.4. The summed E-state index contributed by atoms with van der Waals surface area (Å²) in [5.41, 5.74) is 2.93. The molecule has 31 heavy (non-hydrogen) atoms.